The van der Waals surface area contributed by atoms with Gasteiger partial charge in [-0.1, -0.05) is 6.08 Å². The van der Waals surface area contributed by atoms with Crippen molar-refractivity contribution in [2.45, 2.75) is 38.0 Å². The number of nitrogens with zero attached hydrogens (tertiary/aromatic N) is 4. The van der Waals surface area contributed by atoms with Crippen LogP contribution in [0.25, 0.3) is 0 Å². The first-order valence-corrected chi connectivity index (χ1v) is 11.7. The zero-order valence-electron chi connectivity index (χ0n) is 19.5. The molecule has 0 aromatic rings. The second-order valence-electron chi connectivity index (χ2n) is 7.40. The van der Waals surface area contributed by atoms with E-state index in [-0.39, 0.29) is 23.6 Å². The van der Waals surface area contributed by atoms with E-state index in [0.717, 1.165) is 14.0 Å². The summed E-state index contributed by atoms with van der Waals surface area (Å²) in [5.74, 6) is -0.574. The molecule has 3 aliphatic heterocycles. The molecule has 3 N–H and O–H groups in total. The van der Waals surface area contributed by atoms with Crippen LogP contribution >= 0.6 is 7.82 Å². The molecular weight excluding hydrogens is 505 g/mol. The molecule has 3 aliphatic rings. The van der Waals surface area contributed by atoms with Crippen LogP contribution in [0.5, 0.6) is 0 Å². The van der Waals surface area contributed by atoms with E-state index < -0.39 is 57.9 Å². The molecule has 196 valence electrons. The first-order chi connectivity index (χ1) is 17.1. The molecule has 4 atom stereocenters. The van der Waals surface area contributed by atoms with Crippen LogP contribution in [0.4, 0.5) is 4.79 Å². The van der Waals surface area contributed by atoms with E-state index in [9.17, 15) is 24.5 Å². The number of nitrogens with two attached hydrogens (primary N) is 1. The quantitative estimate of drug-likeness (QED) is 0.225. The molecule has 3 rings (SSSR count). The number of phosphoric ester groups is 1. The molecule has 17 heteroatoms. The van der Waals surface area contributed by atoms with Gasteiger partial charge in [0.2, 0.25) is 19.2 Å². The third kappa shape index (κ3) is 5.50. The van der Waals surface area contributed by atoms with Gasteiger partial charge in [0, 0.05) is 12.5 Å². The van der Waals surface area contributed by atoms with Crippen LogP contribution in [0.1, 0.15) is 20.3 Å². The van der Waals surface area contributed by atoms with Crippen LogP contribution in [-0.4, -0.2) is 79.5 Å². The number of ether oxygens (including phenoxy) is 4. The lowest BCUT2D eigenvalue weighted by atomic mass is 9.86. The highest BCUT2D eigenvalue weighted by Gasteiger charge is 2.58. The van der Waals surface area contributed by atoms with Crippen molar-refractivity contribution in [3.05, 3.63) is 23.1 Å². The standard InChI is InChI=1S/C19H24N5O11P/c1-11-14(6-32-36(28,33-9-30-12(2)25)34-10-31-18(27)29-3)35-19(7-20,16(11)26)15-5-4-13-17(21)22-8-23-24(13)15/h4,8,15-16,26H,5-6,9-10H2,1-3H3,(H2,21,22,23)/t15?,16-,19+,36?/m1/s1. The number of nitriles is 1. The van der Waals surface area contributed by atoms with Crippen molar-refractivity contribution < 1.29 is 51.8 Å². The summed E-state index contributed by atoms with van der Waals surface area (Å²) in [5, 5.41) is 26.6. The van der Waals surface area contributed by atoms with Crippen molar-refractivity contribution in [3.63, 3.8) is 0 Å². The van der Waals surface area contributed by atoms with Gasteiger partial charge >= 0.3 is 19.9 Å². The smallest absolute Gasteiger partial charge is 0.469 e. The number of hydrogen-bond acceptors (Lipinski definition) is 16. The molecule has 0 radical (unpaired) electrons. The van der Waals surface area contributed by atoms with E-state index >= 15 is 0 Å². The summed E-state index contributed by atoms with van der Waals surface area (Å²) >= 11 is 0. The second-order valence-corrected chi connectivity index (χ2v) is 9.06. The normalized spacial score (nSPS) is 26.2. The van der Waals surface area contributed by atoms with Crippen LogP contribution in [-0.2, 0) is 41.9 Å². The van der Waals surface area contributed by atoms with Gasteiger partial charge in [0.25, 0.3) is 0 Å². The lowest BCUT2D eigenvalue weighted by molar-refractivity contribution is -0.148. The molecule has 16 nitrogen and oxygen atoms in total. The molecule has 0 aliphatic carbocycles. The van der Waals surface area contributed by atoms with Gasteiger partial charge in [0.05, 0.1) is 12.8 Å². The third-order valence-electron chi connectivity index (χ3n) is 5.31. The highest BCUT2D eigenvalue weighted by molar-refractivity contribution is 7.48. The number of fused-ring (bicyclic) bond motifs is 1. The van der Waals surface area contributed by atoms with Gasteiger partial charge < -0.3 is 29.8 Å². The van der Waals surface area contributed by atoms with Crippen molar-refractivity contribution >= 4 is 32.1 Å². The molecule has 2 unspecified atom stereocenters. The minimum atomic E-state index is -4.51. The predicted molar refractivity (Wildman–Crippen MR) is 117 cm³/mol. The predicted octanol–water partition coefficient (Wildman–Crippen LogP) is 0.605. The number of esters is 1. The number of hydrazone groups is 1. The maximum Gasteiger partial charge on any atom is 0.510 e. The summed E-state index contributed by atoms with van der Waals surface area (Å²) in [6.45, 7) is 0.296. The number of aliphatic hydroxyl groups is 1. The first kappa shape index (κ1) is 27.1. The Morgan fingerprint density at radius 1 is 1.36 bits per heavy atom. The topological polar surface area (TPSA) is 214 Å². The van der Waals surface area contributed by atoms with Crippen molar-refractivity contribution in [2.75, 3.05) is 27.3 Å². The van der Waals surface area contributed by atoms with Crippen molar-refractivity contribution in [3.8, 4) is 6.07 Å². The average molecular weight is 529 g/mol. The SMILES string of the molecule is COC(=O)OCOP(=O)(OCOC(C)=O)OCC1=C(C)[C@@H](O)[C@](C#N)(C2CC=C3C(N)=NC=NN32)O1. The lowest BCUT2D eigenvalue weighted by Gasteiger charge is -2.37. The maximum absolute atomic E-state index is 13.0. The summed E-state index contributed by atoms with van der Waals surface area (Å²) in [7, 11) is -3.46. The van der Waals surface area contributed by atoms with Crippen LogP contribution < -0.4 is 5.73 Å². The summed E-state index contributed by atoms with van der Waals surface area (Å²) in [6.07, 6.45) is 0.639. The Hall–Kier alpha value is -3.48. The van der Waals surface area contributed by atoms with E-state index in [1.807, 2.05) is 6.07 Å². The molecule has 0 aromatic heterocycles. The van der Waals surface area contributed by atoms with E-state index in [1.54, 1.807) is 6.08 Å². The van der Waals surface area contributed by atoms with Gasteiger partial charge in [-0.05, 0) is 13.3 Å². The van der Waals surface area contributed by atoms with Gasteiger partial charge in [-0.25, -0.2) is 23.4 Å². The Labute approximate surface area is 205 Å². The van der Waals surface area contributed by atoms with E-state index in [0.29, 0.717) is 5.70 Å². The number of carbonyl (C=O) groups excluding carboxylic acids is 2. The summed E-state index contributed by atoms with van der Waals surface area (Å²) < 4.78 is 47.2. The molecule has 0 saturated heterocycles. The highest BCUT2D eigenvalue weighted by atomic mass is 31.2. The van der Waals surface area contributed by atoms with Gasteiger partial charge in [-0.3, -0.25) is 14.3 Å². The minimum absolute atomic E-state index is 0.0334. The molecule has 36 heavy (non-hydrogen) atoms. The van der Waals surface area contributed by atoms with Crippen LogP contribution in [0.15, 0.2) is 33.2 Å². The Morgan fingerprint density at radius 3 is 2.69 bits per heavy atom. The molecule has 0 aromatic carbocycles. The number of phosphoric acid groups is 1. The molecular formula is C19H24N5O11P. The van der Waals surface area contributed by atoms with Crippen molar-refractivity contribution in [1.82, 2.24) is 5.01 Å². The molecule has 0 bridgehead atoms. The van der Waals surface area contributed by atoms with Crippen LogP contribution in [0.3, 0.4) is 0 Å². The van der Waals surface area contributed by atoms with Gasteiger partial charge in [0.15, 0.2) is 5.84 Å². The monoisotopic (exact) mass is 529 g/mol. The average Bonchev–Trinajstić information content (AvgIpc) is 3.38. The number of methoxy groups -OCH3 is 1. The van der Waals surface area contributed by atoms with E-state index in [2.05, 4.69) is 24.3 Å². The van der Waals surface area contributed by atoms with Gasteiger partial charge in [0.1, 0.15) is 36.9 Å². The molecule has 0 amide bonds. The van der Waals surface area contributed by atoms with Crippen LogP contribution in [0.2, 0.25) is 0 Å². The Balaban J connectivity index is 1.72. The molecule has 0 fully saturated rings. The zero-order valence-corrected chi connectivity index (χ0v) is 20.4. The summed E-state index contributed by atoms with van der Waals surface area (Å²) in [5.41, 5.74) is 4.74. The first-order valence-electron chi connectivity index (χ1n) is 10.3. The van der Waals surface area contributed by atoms with E-state index in [1.165, 1.54) is 18.3 Å². The molecule has 0 spiro atoms. The maximum atomic E-state index is 13.0. The molecule has 3 heterocycles. The van der Waals surface area contributed by atoms with Crippen molar-refractivity contribution in [2.24, 2.45) is 15.8 Å². The largest absolute Gasteiger partial charge is 0.510 e. The van der Waals surface area contributed by atoms with Gasteiger partial charge in [-0.15, -0.1) is 0 Å². The lowest BCUT2D eigenvalue weighted by Crippen LogP contribution is -2.55. The van der Waals surface area contributed by atoms with Crippen LogP contribution in [0, 0.1) is 11.3 Å². The summed E-state index contributed by atoms with van der Waals surface area (Å²) in [6, 6.07) is 1.24. The zero-order chi connectivity index (χ0) is 26.5. The number of amidine groups is 1. The second kappa shape index (κ2) is 11.1. The number of rotatable bonds is 10. The fourth-order valence-corrected chi connectivity index (χ4v) is 4.37. The Morgan fingerprint density at radius 2 is 2.06 bits per heavy atom. The minimum Gasteiger partial charge on any atom is -0.469 e. The highest BCUT2D eigenvalue weighted by Crippen LogP contribution is 2.51. The number of aliphatic hydroxyl groups excluding tert-OH is 1. The van der Waals surface area contributed by atoms with E-state index in [4.69, 9.17) is 24.0 Å². The number of aliphatic imine (C=N–C) groups is 1. The fourth-order valence-electron chi connectivity index (χ4n) is 3.50. The number of carbonyl (C=O) groups is 2. The Bertz CT molecular complexity index is 1110. The third-order valence-corrected chi connectivity index (χ3v) is 6.60. The Kier molecular flexibility index (Phi) is 8.33. The molecule has 0 saturated carbocycles. The number of hydrogen-bond donors (Lipinski definition) is 2. The van der Waals surface area contributed by atoms with Gasteiger partial charge in [-0.2, -0.15) is 10.4 Å². The fraction of sp³-hybridized carbons (Fsp3) is 0.526. The summed E-state index contributed by atoms with van der Waals surface area (Å²) in [4.78, 5) is 26.0. The van der Waals surface area contributed by atoms with Crippen molar-refractivity contribution in [1.29, 1.82) is 5.26 Å².